The molecule has 19 heavy (non-hydrogen) atoms. The molecule has 2 rings (SSSR count). The summed E-state index contributed by atoms with van der Waals surface area (Å²) < 4.78 is 15.0. The Hall–Kier alpha value is -0.450. The van der Waals surface area contributed by atoms with E-state index in [9.17, 15) is 4.39 Å². The Morgan fingerprint density at radius 1 is 1.37 bits per heavy atom. The lowest BCUT2D eigenvalue weighted by molar-refractivity contribution is 0.0367. The zero-order valence-corrected chi connectivity index (χ0v) is 13.4. The molecule has 1 aliphatic rings. The van der Waals surface area contributed by atoms with Gasteiger partial charge in [-0.3, -0.25) is 4.90 Å². The van der Waals surface area contributed by atoms with Crippen molar-refractivity contribution in [1.82, 2.24) is 4.90 Å². The van der Waals surface area contributed by atoms with Crippen LogP contribution < -0.4 is 5.73 Å². The van der Waals surface area contributed by atoms with E-state index >= 15 is 0 Å². The minimum atomic E-state index is -0.175. The van der Waals surface area contributed by atoms with Crippen molar-refractivity contribution in [2.45, 2.75) is 51.2 Å². The van der Waals surface area contributed by atoms with Crippen LogP contribution in [0.25, 0.3) is 0 Å². The van der Waals surface area contributed by atoms with Crippen LogP contribution >= 0.6 is 15.9 Å². The van der Waals surface area contributed by atoms with Crippen LogP contribution in [-0.4, -0.2) is 23.0 Å². The number of likely N-dealkylation sites (tertiary alicyclic amines) is 1. The molecular weight excluding hydrogens is 307 g/mol. The van der Waals surface area contributed by atoms with Gasteiger partial charge in [0, 0.05) is 21.6 Å². The van der Waals surface area contributed by atoms with Crippen molar-refractivity contribution in [2.24, 2.45) is 5.73 Å². The van der Waals surface area contributed by atoms with Crippen LogP contribution in [-0.2, 0) is 0 Å². The molecule has 0 radical (unpaired) electrons. The van der Waals surface area contributed by atoms with Crippen LogP contribution in [0.15, 0.2) is 22.7 Å². The van der Waals surface area contributed by atoms with Gasteiger partial charge in [-0.05, 0) is 52.3 Å². The maximum absolute atomic E-state index is 14.3. The highest BCUT2D eigenvalue weighted by atomic mass is 79.9. The second-order valence-electron chi connectivity index (χ2n) is 6.28. The molecule has 1 aromatic rings. The molecule has 0 aliphatic carbocycles. The zero-order valence-electron chi connectivity index (χ0n) is 11.8. The lowest BCUT2D eigenvalue weighted by Gasteiger charge is -2.47. The maximum Gasteiger partial charge on any atom is 0.129 e. The molecule has 1 aromatic carbocycles. The first kappa shape index (κ1) is 14.9. The molecule has 2 atom stereocenters. The quantitative estimate of drug-likeness (QED) is 0.848. The fourth-order valence-electron chi connectivity index (χ4n) is 2.92. The Labute approximate surface area is 123 Å². The summed E-state index contributed by atoms with van der Waals surface area (Å²) in [6, 6.07) is 5.22. The van der Waals surface area contributed by atoms with Gasteiger partial charge in [-0.25, -0.2) is 4.39 Å². The Balaban J connectivity index is 2.42. The number of piperidine rings is 1. The molecule has 0 saturated carbocycles. The Morgan fingerprint density at radius 2 is 2.05 bits per heavy atom. The third-order valence-electron chi connectivity index (χ3n) is 3.82. The largest absolute Gasteiger partial charge is 0.326 e. The number of nitrogens with two attached hydrogens (primary N) is 1. The second-order valence-corrected chi connectivity index (χ2v) is 7.20. The highest BCUT2D eigenvalue weighted by molar-refractivity contribution is 9.10. The SMILES string of the molecule is CC(C)(C)N1CCCC(N)C1c1ccc(Br)cc1F. The van der Waals surface area contributed by atoms with E-state index in [2.05, 4.69) is 41.6 Å². The van der Waals surface area contributed by atoms with Gasteiger partial charge in [-0.1, -0.05) is 22.0 Å². The molecule has 1 aliphatic heterocycles. The maximum atomic E-state index is 14.3. The molecule has 0 aromatic heterocycles. The van der Waals surface area contributed by atoms with Crippen LogP contribution in [0.5, 0.6) is 0 Å². The van der Waals surface area contributed by atoms with Crippen molar-refractivity contribution in [3.63, 3.8) is 0 Å². The van der Waals surface area contributed by atoms with E-state index in [0.717, 1.165) is 23.9 Å². The molecule has 1 fully saturated rings. The topological polar surface area (TPSA) is 29.3 Å². The molecule has 4 heteroatoms. The van der Waals surface area contributed by atoms with Crippen molar-refractivity contribution in [3.8, 4) is 0 Å². The van der Waals surface area contributed by atoms with Crippen LogP contribution in [0.3, 0.4) is 0 Å². The molecule has 1 saturated heterocycles. The molecule has 2 unspecified atom stereocenters. The fraction of sp³-hybridized carbons (Fsp3) is 0.600. The zero-order chi connectivity index (χ0) is 14.2. The summed E-state index contributed by atoms with van der Waals surface area (Å²) >= 11 is 3.31. The molecule has 0 amide bonds. The molecule has 106 valence electrons. The molecule has 2 nitrogen and oxygen atoms in total. The van der Waals surface area contributed by atoms with Crippen molar-refractivity contribution in [1.29, 1.82) is 0 Å². The molecule has 0 bridgehead atoms. The van der Waals surface area contributed by atoms with Crippen LogP contribution in [0.2, 0.25) is 0 Å². The van der Waals surface area contributed by atoms with Crippen LogP contribution in [0.1, 0.15) is 45.2 Å². The monoisotopic (exact) mass is 328 g/mol. The first-order valence-electron chi connectivity index (χ1n) is 6.78. The van der Waals surface area contributed by atoms with E-state index in [0.29, 0.717) is 5.56 Å². The summed E-state index contributed by atoms with van der Waals surface area (Å²) in [6.07, 6.45) is 2.03. The molecular formula is C15H22BrFN2. The second kappa shape index (κ2) is 5.51. The number of halogens is 2. The van der Waals surface area contributed by atoms with Gasteiger partial charge >= 0.3 is 0 Å². The third kappa shape index (κ3) is 3.18. The summed E-state index contributed by atoms with van der Waals surface area (Å²) in [5.41, 5.74) is 6.99. The minimum Gasteiger partial charge on any atom is -0.326 e. The highest BCUT2D eigenvalue weighted by Crippen LogP contribution is 2.37. The van der Waals surface area contributed by atoms with Gasteiger partial charge in [0.05, 0.1) is 6.04 Å². The van der Waals surface area contributed by atoms with E-state index < -0.39 is 0 Å². The Kier molecular flexibility index (Phi) is 4.33. The lowest BCUT2D eigenvalue weighted by Crippen LogP contribution is -2.53. The summed E-state index contributed by atoms with van der Waals surface area (Å²) in [5.74, 6) is -0.175. The van der Waals surface area contributed by atoms with E-state index in [1.165, 1.54) is 6.07 Å². The van der Waals surface area contributed by atoms with Crippen molar-refractivity contribution in [3.05, 3.63) is 34.1 Å². The van der Waals surface area contributed by atoms with Gasteiger partial charge in [0.25, 0.3) is 0 Å². The highest BCUT2D eigenvalue weighted by Gasteiger charge is 2.37. The van der Waals surface area contributed by atoms with E-state index in [1.807, 2.05) is 12.1 Å². The summed E-state index contributed by atoms with van der Waals surface area (Å²) in [7, 11) is 0. The van der Waals surface area contributed by atoms with Crippen LogP contribution in [0.4, 0.5) is 4.39 Å². The first-order valence-corrected chi connectivity index (χ1v) is 7.57. The van der Waals surface area contributed by atoms with Gasteiger partial charge in [-0.2, -0.15) is 0 Å². The number of rotatable bonds is 1. The smallest absolute Gasteiger partial charge is 0.129 e. The van der Waals surface area contributed by atoms with Gasteiger partial charge < -0.3 is 5.73 Å². The van der Waals surface area contributed by atoms with Crippen molar-refractivity contribution < 1.29 is 4.39 Å². The number of nitrogens with zero attached hydrogens (tertiary/aromatic N) is 1. The summed E-state index contributed by atoms with van der Waals surface area (Å²) in [4.78, 5) is 2.33. The fourth-order valence-corrected chi connectivity index (χ4v) is 3.25. The predicted molar refractivity (Wildman–Crippen MR) is 80.5 cm³/mol. The standard InChI is InChI=1S/C15H22BrFN2/c1-15(2,3)19-8-4-5-13(18)14(19)11-7-6-10(16)9-12(11)17/h6-7,9,13-14H,4-5,8,18H2,1-3H3. The normalized spacial score (nSPS) is 25.6. The van der Waals surface area contributed by atoms with E-state index in [1.54, 1.807) is 0 Å². The van der Waals surface area contributed by atoms with E-state index in [4.69, 9.17) is 5.73 Å². The van der Waals surface area contributed by atoms with Gasteiger partial charge in [0.2, 0.25) is 0 Å². The summed E-state index contributed by atoms with van der Waals surface area (Å²) in [6.45, 7) is 7.45. The van der Waals surface area contributed by atoms with Gasteiger partial charge in [0.15, 0.2) is 0 Å². The Morgan fingerprint density at radius 3 is 2.63 bits per heavy atom. The molecule has 2 N–H and O–H groups in total. The molecule has 0 spiro atoms. The molecule has 1 heterocycles. The average Bonchev–Trinajstić information content (AvgIpc) is 2.28. The minimum absolute atomic E-state index is 0.0105. The van der Waals surface area contributed by atoms with Crippen molar-refractivity contribution in [2.75, 3.05) is 6.54 Å². The van der Waals surface area contributed by atoms with Gasteiger partial charge in [-0.15, -0.1) is 0 Å². The predicted octanol–water partition coefficient (Wildman–Crippen LogP) is 3.85. The van der Waals surface area contributed by atoms with E-state index in [-0.39, 0.29) is 23.4 Å². The van der Waals surface area contributed by atoms with Gasteiger partial charge in [0.1, 0.15) is 5.82 Å². The lowest BCUT2D eigenvalue weighted by atomic mass is 9.87. The van der Waals surface area contributed by atoms with Crippen LogP contribution in [0, 0.1) is 5.82 Å². The Bertz CT molecular complexity index is 456. The average molecular weight is 329 g/mol. The number of hydrogen-bond donors (Lipinski definition) is 1. The third-order valence-corrected chi connectivity index (χ3v) is 4.31. The van der Waals surface area contributed by atoms with Crippen molar-refractivity contribution >= 4 is 15.9 Å². The first-order chi connectivity index (χ1) is 8.80. The number of hydrogen-bond acceptors (Lipinski definition) is 2. The summed E-state index contributed by atoms with van der Waals surface area (Å²) in [5, 5.41) is 0. The number of benzene rings is 1.